The molecule has 0 unspecified atom stereocenters. The van der Waals surface area contributed by atoms with Gasteiger partial charge in [-0.15, -0.1) is 0 Å². The first kappa shape index (κ1) is 14.3. The average Bonchev–Trinajstić information content (AvgIpc) is 2.39. The van der Waals surface area contributed by atoms with Crippen LogP contribution >= 0.6 is 0 Å². The molecule has 0 aliphatic heterocycles. The first-order valence-corrected chi connectivity index (χ1v) is 5.45. The van der Waals surface area contributed by atoms with Gasteiger partial charge in [0, 0.05) is 12.3 Å². The summed E-state index contributed by atoms with van der Waals surface area (Å²) in [5.74, 6) is -1.19. The summed E-state index contributed by atoms with van der Waals surface area (Å²) in [4.78, 5) is 23.3. The van der Waals surface area contributed by atoms with E-state index in [4.69, 9.17) is 15.1 Å². The van der Waals surface area contributed by atoms with Gasteiger partial charge < -0.3 is 9.84 Å². The van der Waals surface area contributed by atoms with Crippen molar-refractivity contribution in [2.75, 3.05) is 11.5 Å². The number of nitriles is 1. The molecule has 1 N–H and O–H groups in total. The molecular formula is C13H12N2O4. The number of carbonyl (C=O) groups is 2. The summed E-state index contributed by atoms with van der Waals surface area (Å²) < 4.78 is 4.82. The number of aliphatic carboxylic acids is 1. The minimum atomic E-state index is -1.19. The lowest BCUT2D eigenvalue weighted by molar-refractivity contribution is -0.131. The Labute approximate surface area is 110 Å². The monoisotopic (exact) mass is 260 g/mol. The number of rotatable bonds is 4. The van der Waals surface area contributed by atoms with Crippen molar-refractivity contribution >= 4 is 17.7 Å². The summed E-state index contributed by atoms with van der Waals surface area (Å²) in [6.07, 6.45) is 1.18. The molecule has 1 aromatic rings. The van der Waals surface area contributed by atoms with Crippen LogP contribution in [-0.4, -0.2) is 23.8 Å². The van der Waals surface area contributed by atoms with Gasteiger partial charge in [0.1, 0.15) is 0 Å². The summed E-state index contributed by atoms with van der Waals surface area (Å²) in [6.45, 7) is 1.80. The predicted octanol–water partition coefficient (Wildman–Crippen LogP) is 2.12. The van der Waals surface area contributed by atoms with E-state index in [1.165, 1.54) is 6.07 Å². The van der Waals surface area contributed by atoms with Crippen LogP contribution in [-0.2, 0) is 9.53 Å². The maximum Gasteiger partial charge on any atom is 0.418 e. The van der Waals surface area contributed by atoms with Crippen LogP contribution in [0.5, 0.6) is 0 Å². The van der Waals surface area contributed by atoms with Crippen LogP contribution < -0.4 is 4.90 Å². The van der Waals surface area contributed by atoms with Crippen molar-refractivity contribution in [2.24, 2.45) is 0 Å². The highest BCUT2D eigenvalue weighted by atomic mass is 16.6. The lowest BCUT2D eigenvalue weighted by atomic mass is 10.2. The highest BCUT2D eigenvalue weighted by Gasteiger charge is 2.14. The molecule has 1 rings (SSSR count). The largest absolute Gasteiger partial charge is 0.478 e. The number of hydrogen-bond donors (Lipinski definition) is 1. The van der Waals surface area contributed by atoms with Gasteiger partial charge in [-0.2, -0.15) is 5.26 Å². The first-order valence-electron chi connectivity index (χ1n) is 5.45. The number of ether oxygens (including phenoxy) is 1. The molecule has 6 heteroatoms. The summed E-state index contributed by atoms with van der Waals surface area (Å²) in [7, 11) is 0. The lowest BCUT2D eigenvalue weighted by Crippen LogP contribution is -2.26. The van der Waals surface area contributed by atoms with E-state index in [9.17, 15) is 9.59 Å². The van der Waals surface area contributed by atoms with Gasteiger partial charge in [0.15, 0.2) is 0 Å². The van der Waals surface area contributed by atoms with Gasteiger partial charge in [-0.25, -0.2) is 9.59 Å². The quantitative estimate of drug-likeness (QED) is 0.837. The van der Waals surface area contributed by atoms with Crippen LogP contribution in [0, 0.1) is 11.3 Å². The Bertz CT molecular complexity index is 546. The number of carboxylic acids is 1. The molecular weight excluding hydrogens is 248 g/mol. The van der Waals surface area contributed by atoms with E-state index >= 15 is 0 Å². The molecule has 0 saturated heterocycles. The fourth-order valence-electron chi connectivity index (χ4n) is 1.31. The van der Waals surface area contributed by atoms with Gasteiger partial charge in [0.05, 0.1) is 23.9 Å². The van der Waals surface area contributed by atoms with Gasteiger partial charge in [-0.05, 0) is 25.1 Å². The van der Waals surface area contributed by atoms with E-state index in [2.05, 4.69) is 0 Å². The van der Waals surface area contributed by atoms with Crippen LogP contribution in [0.25, 0.3) is 0 Å². The third-order valence-corrected chi connectivity index (χ3v) is 2.08. The lowest BCUT2D eigenvalue weighted by Gasteiger charge is -2.17. The Morgan fingerprint density at radius 3 is 2.84 bits per heavy atom. The van der Waals surface area contributed by atoms with Crippen LogP contribution in [0.3, 0.4) is 0 Å². The zero-order valence-corrected chi connectivity index (χ0v) is 10.2. The van der Waals surface area contributed by atoms with Crippen molar-refractivity contribution in [1.29, 1.82) is 5.26 Å². The van der Waals surface area contributed by atoms with E-state index in [1.807, 2.05) is 6.07 Å². The third kappa shape index (κ3) is 4.16. The fraction of sp³-hybridized carbons (Fsp3) is 0.154. The molecule has 0 heterocycles. The van der Waals surface area contributed by atoms with Crippen LogP contribution in [0.1, 0.15) is 12.5 Å². The molecule has 0 bridgehead atoms. The highest BCUT2D eigenvalue weighted by molar-refractivity contribution is 5.91. The second kappa shape index (κ2) is 6.81. The second-order valence-corrected chi connectivity index (χ2v) is 3.39. The zero-order valence-electron chi connectivity index (χ0n) is 10.2. The van der Waals surface area contributed by atoms with Crippen LogP contribution in [0.2, 0.25) is 0 Å². The molecule has 0 atom stereocenters. The van der Waals surface area contributed by atoms with E-state index < -0.39 is 12.1 Å². The topological polar surface area (TPSA) is 90.6 Å². The van der Waals surface area contributed by atoms with Crippen molar-refractivity contribution in [1.82, 2.24) is 0 Å². The SMILES string of the molecule is CCOC(=O)N(C=CC(=O)O)c1cccc(C#N)c1. The first-order chi connectivity index (χ1) is 9.08. The molecule has 0 aliphatic rings. The zero-order chi connectivity index (χ0) is 14.3. The van der Waals surface area contributed by atoms with Gasteiger partial charge >= 0.3 is 12.1 Å². The van der Waals surface area contributed by atoms with Crippen molar-refractivity contribution in [3.63, 3.8) is 0 Å². The van der Waals surface area contributed by atoms with Gasteiger partial charge in [0.25, 0.3) is 0 Å². The standard InChI is InChI=1S/C13H12N2O4/c1-2-19-13(18)15(7-6-12(16)17)11-5-3-4-10(8-11)9-14/h3-8H,2H2,1H3,(H,16,17). The van der Waals surface area contributed by atoms with E-state index in [0.29, 0.717) is 11.3 Å². The van der Waals surface area contributed by atoms with E-state index in [-0.39, 0.29) is 6.61 Å². The Kier molecular flexibility index (Phi) is 5.11. The van der Waals surface area contributed by atoms with Crippen molar-refractivity contribution < 1.29 is 19.4 Å². The van der Waals surface area contributed by atoms with Gasteiger partial charge in [0.2, 0.25) is 0 Å². The third-order valence-electron chi connectivity index (χ3n) is 2.08. The number of carboxylic acid groups (broad SMARTS) is 1. The molecule has 0 radical (unpaired) electrons. The molecule has 19 heavy (non-hydrogen) atoms. The number of anilines is 1. The Balaban J connectivity index is 3.11. The molecule has 0 aliphatic carbocycles. The highest BCUT2D eigenvalue weighted by Crippen LogP contribution is 2.17. The molecule has 6 nitrogen and oxygen atoms in total. The number of hydrogen-bond acceptors (Lipinski definition) is 4. The second-order valence-electron chi connectivity index (χ2n) is 3.39. The molecule has 0 fully saturated rings. The predicted molar refractivity (Wildman–Crippen MR) is 67.4 cm³/mol. The Morgan fingerprint density at radius 2 is 2.26 bits per heavy atom. The molecule has 1 amide bonds. The van der Waals surface area contributed by atoms with Gasteiger partial charge in [-0.3, -0.25) is 4.90 Å². The van der Waals surface area contributed by atoms with Crippen LogP contribution in [0.15, 0.2) is 36.5 Å². The Morgan fingerprint density at radius 1 is 1.53 bits per heavy atom. The van der Waals surface area contributed by atoms with E-state index in [0.717, 1.165) is 17.2 Å². The number of amides is 1. The number of benzene rings is 1. The fourth-order valence-corrected chi connectivity index (χ4v) is 1.31. The van der Waals surface area contributed by atoms with Gasteiger partial charge in [-0.1, -0.05) is 6.07 Å². The summed E-state index contributed by atoms with van der Waals surface area (Å²) in [5.41, 5.74) is 0.713. The smallest absolute Gasteiger partial charge is 0.418 e. The average molecular weight is 260 g/mol. The Hall–Kier alpha value is -2.81. The molecule has 98 valence electrons. The van der Waals surface area contributed by atoms with Crippen molar-refractivity contribution in [2.45, 2.75) is 6.92 Å². The maximum atomic E-state index is 11.7. The number of carbonyl (C=O) groups excluding carboxylic acids is 1. The van der Waals surface area contributed by atoms with Crippen LogP contribution in [0.4, 0.5) is 10.5 Å². The van der Waals surface area contributed by atoms with E-state index in [1.54, 1.807) is 25.1 Å². The molecule has 0 saturated carbocycles. The maximum absolute atomic E-state index is 11.7. The number of nitrogens with zero attached hydrogens (tertiary/aromatic N) is 2. The minimum Gasteiger partial charge on any atom is -0.478 e. The molecule has 0 aromatic heterocycles. The summed E-state index contributed by atoms with van der Waals surface area (Å²) in [5, 5.41) is 17.4. The summed E-state index contributed by atoms with van der Waals surface area (Å²) in [6, 6.07) is 8.14. The molecule has 1 aromatic carbocycles. The van der Waals surface area contributed by atoms with Crippen molar-refractivity contribution in [3.05, 3.63) is 42.1 Å². The normalized spacial score (nSPS) is 9.89. The van der Waals surface area contributed by atoms with Crippen molar-refractivity contribution in [3.8, 4) is 6.07 Å². The minimum absolute atomic E-state index is 0.161. The molecule has 0 spiro atoms. The summed E-state index contributed by atoms with van der Waals surface area (Å²) >= 11 is 0.